The van der Waals surface area contributed by atoms with E-state index in [-0.39, 0.29) is 17.1 Å². The van der Waals surface area contributed by atoms with Crippen molar-refractivity contribution in [2.24, 2.45) is 0 Å². The third kappa shape index (κ3) is 4.57. The standard InChI is InChI=1S/C26H29BrN2O4/c1-4-15-32-19-10-7-17(8-11-19)23-22-24(30)20-16-18(27)9-12-21(20)33-25(22)26(31)29(23)14-13-28(5-2)6-3/h7-12,16,23H,4-6,13-15H2,1-3H3. The van der Waals surface area contributed by atoms with Gasteiger partial charge < -0.3 is 19.0 Å². The smallest absolute Gasteiger partial charge is 0.290 e. The number of hydrogen-bond acceptors (Lipinski definition) is 5. The van der Waals surface area contributed by atoms with E-state index in [9.17, 15) is 9.59 Å². The van der Waals surface area contributed by atoms with Crippen molar-refractivity contribution in [2.75, 3.05) is 32.8 Å². The molecule has 0 fully saturated rings. The Morgan fingerprint density at radius 1 is 1.06 bits per heavy atom. The van der Waals surface area contributed by atoms with Gasteiger partial charge in [-0.2, -0.15) is 0 Å². The third-order valence-electron chi connectivity index (χ3n) is 6.15. The number of likely N-dealkylation sites (N-methyl/N-ethyl adjacent to an activating group) is 1. The van der Waals surface area contributed by atoms with Crippen molar-refractivity contribution in [1.82, 2.24) is 9.80 Å². The Labute approximate surface area is 202 Å². The van der Waals surface area contributed by atoms with E-state index in [0.29, 0.717) is 29.7 Å². The Hall–Kier alpha value is -2.64. The van der Waals surface area contributed by atoms with Gasteiger partial charge in [-0.3, -0.25) is 9.59 Å². The maximum atomic E-state index is 13.6. The number of nitrogens with zero attached hydrogens (tertiary/aromatic N) is 2. The van der Waals surface area contributed by atoms with Crippen LogP contribution in [-0.4, -0.2) is 48.5 Å². The zero-order valence-electron chi connectivity index (χ0n) is 19.3. The van der Waals surface area contributed by atoms with E-state index >= 15 is 0 Å². The lowest BCUT2D eigenvalue weighted by Crippen LogP contribution is -2.37. The normalized spacial score (nSPS) is 15.5. The average Bonchev–Trinajstić information content (AvgIpc) is 3.11. The van der Waals surface area contributed by atoms with Gasteiger partial charge >= 0.3 is 0 Å². The molecule has 0 N–H and O–H groups in total. The molecule has 33 heavy (non-hydrogen) atoms. The Morgan fingerprint density at radius 3 is 2.45 bits per heavy atom. The van der Waals surface area contributed by atoms with E-state index in [0.717, 1.165) is 41.8 Å². The highest BCUT2D eigenvalue weighted by atomic mass is 79.9. The second-order valence-corrected chi connectivity index (χ2v) is 9.08. The minimum Gasteiger partial charge on any atom is -0.494 e. The molecule has 0 saturated heterocycles. The van der Waals surface area contributed by atoms with Gasteiger partial charge in [-0.1, -0.05) is 48.8 Å². The molecule has 1 aromatic heterocycles. The van der Waals surface area contributed by atoms with Crippen LogP contribution in [0.5, 0.6) is 5.75 Å². The monoisotopic (exact) mass is 512 g/mol. The molecule has 1 atom stereocenters. The van der Waals surface area contributed by atoms with Crippen molar-refractivity contribution in [3.8, 4) is 5.75 Å². The van der Waals surface area contributed by atoms with Crippen molar-refractivity contribution < 1.29 is 13.9 Å². The minimum atomic E-state index is -0.497. The summed E-state index contributed by atoms with van der Waals surface area (Å²) in [6, 6.07) is 12.5. The lowest BCUT2D eigenvalue weighted by atomic mass is 9.98. The number of carbonyl (C=O) groups excluding carboxylic acids is 1. The topological polar surface area (TPSA) is 63.0 Å². The van der Waals surface area contributed by atoms with Gasteiger partial charge in [-0.15, -0.1) is 0 Å². The molecule has 1 aliphatic rings. The molecule has 1 amide bonds. The fourth-order valence-corrected chi connectivity index (χ4v) is 4.69. The van der Waals surface area contributed by atoms with Gasteiger partial charge in [0.25, 0.3) is 5.91 Å². The summed E-state index contributed by atoms with van der Waals surface area (Å²) in [7, 11) is 0. The highest BCUT2D eigenvalue weighted by Crippen LogP contribution is 2.38. The zero-order chi connectivity index (χ0) is 23.5. The number of hydrogen-bond donors (Lipinski definition) is 0. The quantitative estimate of drug-likeness (QED) is 0.392. The van der Waals surface area contributed by atoms with E-state index < -0.39 is 6.04 Å². The number of halogens is 1. The van der Waals surface area contributed by atoms with E-state index in [1.54, 1.807) is 17.0 Å². The van der Waals surface area contributed by atoms with Crippen LogP contribution < -0.4 is 10.2 Å². The Morgan fingerprint density at radius 2 is 1.79 bits per heavy atom. The Kier molecular flexibility index (Phi) is 7.20. The number of carbonyl (C=O) groups is 1. The minimum absolute atomic E-state index is 0.144. The lowest BCUT2D eigenvalue weighted by molar-refractivity contribution is 0.0708. The second-order valence-electron chi connectivity index (χ2n) is 8.16. The predicted molar refractivity (Wildman–Crippen MR) is 133 cm³/mol. The number of amides is 1. The summed E-state index contributed by atoms with van der Waals surface area (Å²) in [5.41, 5.74) is 1.53. The summed E-state index contributed by atoms with van der Waals surface area (Å²) >= 11 is 3.44. The molecule has 2 heterocycles. The molecule has 1 unspecified atom stereocenters. The molecule has 1 aliphatic heterocycles. The molecule has 7 heteroatoms. The van der Waals surface area contributed by atoms with Crippen molar-refractivity contribution >= 4 is 32.8 Å². The van der Waals surface area contributed by atoms with Crippen LogP contribution in [0.2, 0.25) is 0 Å². The van der Waals surface area contributed by atoms with Gasteiger partial charge in [0.05, 0.1) is 23.6 Å². The number of fused-ring (bicyclic) bond motifs is 2. The highest BCUT2D eigenvalue weighted by Gasteiger charge is 2.42. The first kappa shape index (κ1) is 23.5. The maximum absolute atomic E-state index is 13.6. The third-order valence-corrected chi connectivity index (χ3v) is 6.64. The fourth-order valence-electron chi connectivity index (χ4n) is 4.33. The molecular weight excluding hydrogens is 484 g/mol. The lowest BCUT2D eigenvalue weighted by Gasteiger charge is -2.28. The van der Waals surface area contributed by atoms with E-state index in [2.05, 4.69) is 41.6 Å². The summed E-state index contributed by atoms with van der Waals surface area (Å²) in [5.74, 6) is 0.676. The van der Waals surface area contributed by atoms with Crippen molar-refractivity contribution in [3.63, 3.8) is 0 Å². The zero-order valence-corrected chi connectivity index (χ0v) is 20.9. The summed E-state index contributed by atoms with van der Waals surface area (Å²) < 4.78 is 12.5. The van der Waals surface area contributed by atoms with Crippen LogP contribution in [-0.2, 0) is 0 Å². The van der Waals surface area contributed by atoms with Crippen LogP contribution in [0, 0.1) is 0 Å². The highest BCUT2D eigenvalue weighted by molar-refractivity contribution is 9.10. The molecule has 0 aliphatic carbocycles. The van der Waals surface area contributed by atoms with Gasteiger partial charge in [-0.05, 0) is 55.4 Å². The Bertz CT molecular complexity index is 1200. The molecular formula is C26H29BrN2O4. The molecule has 0 bridgehead atoms. The predicted octanol–water partition coefficient (Wildman–Crippen LogP) is 5.23. The number of rotatable bonds is 9. The molecule has 0 radical (unpaired) electrons. The fraction of sp³-hybridized carbons (Fsp3) is 0.385. The maximum Gasteiger partial charge on any atom is 0.290 e. The number of ether oxygens (including phenoxy) is 1. The van der Waals surface area contributed by atoms with E-state index in [1.807, 2.05) is 30.3 Å². The molecule has 6 nitrogen and oxygen atoms in total. The SMILES string of the molecule is CCCOc1ccc(C2c3c(oc4ccc(Br)cc4c3=O)C(=O)N2CCN(CC)CC)cc1. The number of benzene rings is 2. The van der Waals surface area contributed by atoms with Gasteiger partial charge in [0.2, 0.25) is 5.76 Å². The molecule has 4 rings (SSSR count). The molecule has 3 aromatic rings. The van der Waals surface area contributed by atoms with Gasteiger partial charge in [0, 0.05) is 17.6 Å². The molecule has 174 valence electrons. The summed E-state index contributed by atoms with van der Waals surface area (Å²) in [4.78, 5) is 31.1. The largest absolute Gasteiger partial charge is 0.494 e. The van der Waals surface area contributed by atoms with Crippen molar-refractivity contribution in [1.29, 1.82) is 0 Å². The first-order valence-corrected chi connectivity index (χ1v) is 12.3. The van der Waals surface area contributed by atoms with Gasteiger partial charge in [-0.25, -0.2) is 0 Å². The summed E-state index contributed by atoms with van der Waals surface area (Å²) in [6.07, 6.45) is 0.926. The van der Waals surface area contributed by atoms with Crippen LogP contribution >= 0.6 is 15.9 Å². The van der Waals surface area contributed by atoms with Gasteiger partial charge in [0.1, 0.15) is 11.3 Å². The van der Waals surface area contributed by atoms with E-state index in [4.69, 9.17) is 9.15 Å². The van der Waals surface area contributed by atoms with Crippen molar-refractivity contribution in [2.45, 2.75) is 33.2 Å². The summed E-state index contributed by atoms with van der Waals surface area (Å²) in [6.45, 7) is 9.93. The first-order chi connectivity index (χ1) is 16.0. The van der Waals surface area contributed by atoms with Gasteiger partial charge in [0.15, 0.2) is 5.43 Å². The van der Waals surface area contributed by atoms with Crippen molar-refractivity contribution in [3.05, 3.63) is 74.0 Å². The van der Waals surface area contributed by atoms with Crippen LogP contribution in [0.25, 0.3) is 11.0 Å². The van der Waals surface area contributed by atoms with Crippen LogP contribution in [0.3, 0.4) is 0 Å². The van der Waals surface area contributed by atoms with Crippen LogP contribution in [0.15, 0.2) is 56.1 Å². The molecule has 0 spiro atoms. The van der Waals surface area contributed by atoms with Crippen LogP contribution in [0.1, 0.15) is 54.9 Å². The summed E-state index contributed by atoms with van der Waals surface area (Å²) in [5, 5.41) is 0.467. The Balaban J connectivity index is 1.81. The van der Waals surface area contributed by atoms with Crippen LogP contribution in [0.4, 0.5) is 0 Å². The molecule has 0 saturated carbocycles. The first-order valence-electron chi connectivity index (χ1n) is 11.5. The van der Waals surface area contributed by atoms with E-state index in [1.165, 1.54) is 0 Å². The average molecular weight is 513 g/mol. The molecule has 2 aromatic carbocycles. The second kappa shape index (κ2) is 10.1.